The van der Waals surface area contributed by atoms with Crippen LogP contribution >= 0.6 is 0 Å². The van der Waals surface area contributed by atoms with E-state index in [4.69, 9.17) is 0 Å². The van der Waals surface area contributed by atoms with Crippen molar-refractivity contribution < 1.29 is 5.11 Å². The normalized spacial score (nSPS) is 26.2. The molecular formula is C21H22O. The standard InChI is InChI=1S/C21H22O/c1-14(15(2)22)13-21-12-11-16(17-7-3-5-9-19(17)21)18-8-4-6-10-20(18)21/h3-10,15-16,22H,1,11-13H2,2H3. The molecule has 0 amide bonds. The molecule has 2 bridgehead atoms. The van der Waals surface area contributed by atoms with E-state index in [0.29, 0.717) is 5.92 Å². The molecule has 0 heterocycles. The molecule has 1 atom stereocenters. The molecule has 22 heavy (non-hydrogen) atoms. The van der Waals surface area contributed by atoms with Crippen LogP contribution in [0.5, 0.6) is 0 Å². The number of aliphatic hydroxyl groups is 1. The third-order valence-electron chi connectivity index (χ3n) is 5.68. The van der Waals surface area contributed by atoms with Crippen molar-refractivity contribution in [1.82, 2.24) is 0 Å². The molecule has 1 heteroatoms. The largest absolute Gasteiger partial charge is 0.389 e. The first kappa shape index (κ1) is 13.8. The second kappa shape index (κ2) is 4.82. The summed E-state index contributed by atoms with van der Waals surface area (Å²) in [6.45, 7) is 5.98. The highest BCUT2D eigenvalue weighted by Gasteiger charge is 2.48. The third kappa shape index (κ3) is 1.75. The summed E-state index contributed by atoms with van der Waals surface area (Å²) >= 11 is 0. The fraction of sp³-hybridized carbons (Fsp3) is 0.333. The maximum absolute atomic E-state index is 9.97. The molecule has 1 nitrogen and oxygen atoms in total. The van der Waals surface area contributed by atoms with Gasteiger partial charge in [-0.25, -0.2) is 0 Å². The topological polar surface area (TPSA) is 20.2 Å². The maximum atomic E-state index is 9.97. The molecule has 112 valence electrons. The molecule has 0 aromatic heterocycles. The third-order valence-corrected chi connectivity index (χ3v) is 5.68. The van der Waals surface area contributed by atoms with Crippen LogP contribution in [0.15, 0.2) is 60.7 Å². The number of fused-ring (bicyclic) bond motifs is 1. The Morgan fingerprint density at radius 3 is 2.23 bits per heavy atom. The van der Waals surface area contributed by atoms with Crippen LogP contribution in [0.2, 0.25) is 0 Å². The Balaban J connectivity index is 1.95. The van der Waals surface area contributed by atoms with Crippen molar-refractivity contribution in [1.29, 1.82) is 0 Å². The fourth-order valence-corrected chi connectivity index (χ4v) is 4.57. The van der Waals surface area contributed by atoms with Gasteiger partial charge in [0.25, 0.3) is 0 Å². The van der Waals surface area contributed by atoms with Crippen LogP contribution in [0, 0.1) is 0 Å². The molecule has 3 aliphatic rings. The van der Waals surface area contributed by atoms with Crippen LogP contribution in [0.25, 0.3) is 0 Å². The highest BCUT2D eigenvalue weighted by molar-refractivity contribution is 5.59. The van der Waals surface area contributed by atoms with Crippen molar-refractivity contribution in [2.45, 2.75) is 43.6 Å². The first-order valence-corrected chi connectivity index (χ1v) is 8.18. The predicted octanol–water partition coefficient (Wildman–Crippen LogP) is 4.54. The van der Waals surface area contributed by atoms with Crippen molar-refractivity contribution in [3.8, 4) is 0 Å². The zero-order valence-electron chi connectivity index (χ0n) is 13.0. The Bertz CT molecular complexity index is 694. The van der Waals surface area contributed by atoms with Gasteiger partial charge in [0, 0.05) is 11.3 Å². The van der Waals surface area contributed by atoms with Crippen molar-refractivity contribution >= 4 is 0 Å². The lowest BCUT2D eigenvalue weighted by Crippen LogP contribution is -2.41. The number of aliphatic hydroxyl groups excluding tert-OH is 1. The van der Waals surface area contributed by atoms with Crippen LogP contribution in [0.4, 0.5) is 0 Å². The average Bonchev–Trinajstić information content (AvgIpc) is 2.55. The van der Waals surface area contributed by atoms with Crippen LogP contribution in [0.1, 0.15) is 54.4 Å². The average molecular weight is 290 g/mol. The van der Waals surface area contributed by atoms with Crippen LogP contribution in [0.3, 0.4) is 0 Å². The summed E-state index contributed by atoms with van der Waals surface area (Å²) in [4.78, 5) is 0. The summed E-state index contributed by atoms with van der Waals surface area (Å²) < 4.78 is 0. The van der Waals surface area contributed by atoms with E-state index in [9.17, 15) is 5.11 Å². The zero-order valence-corrected chi connectivity index (χ0v) is 13.0. The molecule has 5 rings (SSSR count). The van der Waals surface area contributed by atoms with Crippen molar-refractivity contribution in [2.24, 2.45) is 0 Å². The summed E-state index contributed by atoms with van der Waals surface area (Å²) in [6.07, 6.45) is 2.73. The lowest BCUT2D eigenvalue weighted by Gasteiger charge is -2.50. The molecule has 0 saturated carbocycles. The van der Waals surface area contributed by atoms with Crippen LogP contribution in [-0.2, 0) is 5.41 Å². The van der Waals surface area contributed by atoms with Crippen LogP contribution < -0.4 is 0 Å². The Morgan fingerprint density at radius 2 is 1.68 bits per heavy atom. The lowest BCUT2D eigenvalue weighted by molar-refractivity contribution is 0.218. The van der Waals surface area contributed by atoms with E-state index < -0.39 is 6.10 Å². The Labute approximate surface area is 132 Å². The highest BCUT2D eigenvalue weighted by atomic mass is 16.3. The number of rotatable bonds is 3. The van der Waals surface area contributed by atoms with E-state index in [2.05, 4.69) is 55.1 Å². The van der Waals surface area contributed by atoms with Crippen molar-refractivity contribution in [3.05, 3.63) is 82.9 Å². The molecule has 2 aromatic rings. The summed E-state index contributed by atoms with van der Waals surface area (Å²) in [5.74, 6) is 0.536. The minimum absolute atomic E-state index is 0.00396. The highest BCUT2D eigenvalue weighted by Crippen LogP contribution is 2.58. The van der Waals surface area contributed by atoms with E-state index in [1.54, 1.807) is 0 Å². The Morgan fingerprint density at radius 1 is 1.14 bits per heavy atom. The molecule has 1 unspecified atom stereocenters. The SMILES string of the molecule is C=C(CC12CCC(c3ccccc31)c1ccccc12)C(C)O. The second-order valence-corrected chi connectivity index (χ2v) is 6.86. The molecule has 0 aliphatic heterocycles. The minimum atomic E-state index is -0.451. The van der Waals surface area contributed by atoms with Gasteiger partial charge in [0.05, 0.1) is 6.10 Å². The van der Waals surface area contributed by atoms with E-state index in [1.807, 2.05) is 6.92 Å². The number of hydrogen-bond acceptors (Lipinski definition) is 1. The summed E-state index contributed by atoms with van der Waals surface area (Å²) in [5, 5.41) is 9.97. The van der Waals surface area contributed by atoms with E-state index in [-0.39, 0.29) is 5.41 Å². The molecule has 0 spiro atoms. The van der Waals surface area contributed by atoms with Gasteiger partial charge in [0.15, 0.2) is 0 Å². The molecule has 3 aliphatic carbocycles. The predicted molar refractivity (Wildman–Crippen MR) is 90.2 cm³/mol. The maximum Gasteiger partial charge on any atom is 0.0719 e. The van der Waals surface area contributed by atoms with Gasteiger partial charge in [-0.15, -0.1) is 0 Å². The monoisotopic (exact) mass is 290 g/mol. The fourth-order valence-electron chi connectivity index (χ4n) is 4.57. The smallest absolute Gasteiger partial charge is 0.0719 e. The van der Waals surface area contributed by atoms with E-state index in [0.717, 1.165) is 18.4 Å². The molecular weight excluding hydrogens is 268 g/mol. The Hall–Kier alpha value is -1.86. The number of hydrogen-bond donors (Lipinski definition) is 1. The van der Waals surface area contributed by atoms with Crippen LogP contribution in [-0.4, -0.2) is 11.2 Å². The minimum Gasteiger partial charge on any atom is -0.389 e. The lowest BCUT2D eigenvalue weighted by atomic mass is 9.53. The van der Waals surface area contributed by atoms with Gasteiger partial charge >= 0.3 is 0 Å². The second-order valence-electron chi connectivity index (χ2n) is 6.86. The van der Waals surface area contributed by atoms with E-state index >= 15 is 0 Å². The van der Waals surface area contributed by atoms with Gasteiger partial charge < -0.3 is 5.11 Å². The molecule has 2 aromatic carbocycles. The summed E-state index contributed by atoms with van der Waals surface area (Å²) in [5.41, 5.74) is 6.79. The quantitative estimate of drug-likeness (QED) is 0.823. The summed E-state index contributed by atoms with van der Waals surface area (Å²) in [7, 11) is 0. The van der Waals surface area contributed by atoms with Crippen molar-refractivity contribution in [3.63, 3.8) is 0 Å². The van der Waals surface area contributed by atoms with Gasteiger partial charge in [-0.3, -0.25) is 0 Å². The number of benzene rings is 2. The zero-order chi connectivity index (χ0) is 15.3. The van der Waals surface area contributed by atoms with Gasteiger partial charge in [0.1, 0.15) is 0 Å². The van der Waals surface area contributed by atoms with Gasteiger partial charge in [-0.2, -0.15) is 0 Å². The summed E-state index contributed by atoms with van der Waals surface area (Å²) in [6, 6.07) is 17.7. The first-order chi connectivity index (χ1) is 10.6. The molecule has 0 radical (unpaired) electrons. The van der Waals surface area contributed by atoms with Gasteiger partial charge in [-0.05, 0) is 54.0 Å². The molecule has 1 N–H and O–H groups in total. The van der Waals surface area contributed by atoms with Crippen molar-refractivity contribution in [2.75, 3.05) is 0 Å². The molecule has 0 fully saturated rings. The molecule has 0 saturated heterocycles. The Kier molecular flexibility index (Phi) is 3.02. The van der Waals surface area contributed by atoms with Gasteiger partial charge in [-0.1, -0.05) is 55.1 Å². The van der Waals surface area contributed by atoms with Gasteiger partial charge in [0.2, 0.25) is 0 Å². The van der Waals surface area contributed by atoms with E-state index in [1.165, 1.54) is 28.7 Å². The first-order valence-electron chi connectivity index (χ1n) is 8.18.